The van der Waals surface area contributed by atoms with Crippen LogP contribution >= 0.6 is 0 Å². The number of alkyl halides is 1. The second kappa shape index (κ2) is 15.2. The van der Waals surface area contributed by atoms with Gasteiger partial charge in [-0.15, -0.1) is 0 Å². The average molecular weight is 494 g/mol. The van der Waals surface area contributed by atoms with Crippen molar-refractivity contribution < 1.29 is 19.1 Å². The highest BCUT2D eigenvalue weighted by atomic mass is 19.1. The first kappa shape index (κ1) is 28.3. The largest absolute Gasteiger partial charge is 0.396 e. The van der Waals surface area contributed by atoms with Crippen LogP contribution in [-0.2, 0) is 11.4 Å². The van der Waals surface area contributed by atoms with E-state index in [1.54, 1.807) is 13.2 Å². The van der Waals surface area contributed by atoms with Crippen molar-refractivity contribution in [2.24, 2.45) is 0 Å². The third-order valence-corrected chi connectivity index (χ3v) is 5.08. The maximum atomic E-state index is 11.0. The molecule has 0 bridgehead atoms. The maximum Gasteiger partial charge on any atom is 0.150 e. The Balaban J connectivity index is 0.000000502. The van der Waals surface area contributed by atoms with E-state index in [1.807, 2.05) is 61.5 Å². The fraction of sp³-hybridized carbons (Fsp3) is 0.222. The van der Waals surface area contributed by atoms with Gasteiger partial charge in [-0.1, -0.05) is 24.3 Å². The molecule has 2 aromatic carbocycles. The van der Waals surface area contributed by atoms with Crippen LogP contribution in [0, 0.1) is 6.92 Å². The molecule has 5 N–H and O–H groups in total. The molecule has 9 heteroatoms. The molecule has 0 radical (unpaired) electrons. The number of nitrogens with zero attached hydrogens (tertiary/aromatic N) is 2. The summed E-state index contributed by atoms with van der Waals surface area (Å²) >= 11 is 0. The number of fused-ring (bicyclic) bond motifs is 1. The number of aryl methyl sites for hydroxylation is 1. The molecule has 0 spiro atoms. The monoisotopic (exact) mass is 493 g/mol. The quantitative estimate of drug-likeness (QED) is 0.163. The van der Waals surface area contributed by atoms with E-state index in [9.17, 15) is 9.18 Å². The minimum Gasteiger partial charge on any atom is -0.396 e. The standard InChI is InChI=1S/C23H20N4O.C3H9NO2.CH3F/c1-15-11-18(5-6-19(15)14-28)22-9-7-20(24)23(27-22)26-13-16-4-8-21-17(12-16)3-2-10-25-21;1-4-6-3-2-5;1-2/h2-12,14H,13,24H2,1H3,(H,26,27);4-5H,2-3H2,1H3;1H3. The minimum atomic E-state index is 0.0703. The van der Waals surface area contributed by atoms with Crippen molar-refractivity contribution in [2.45, 2.75) is 13.5 Å². The van der Waals surface area contributed by atoms with E-state index in [2.05, 4.69) is 31.7 Å². The lowest BCUT2D eigenvalue weighted by atomic mass is 10.0. The number of nitrogens with two attached hydrogens (primary N) is 1. The zero-order chi connectivity index (χ0) is 26.3. The van der Waals surface area contributed by atoms with E-state index in [1.165, 1.54) is 0 Å². The van der Waals surface area contributed by atoms with Gasteiger partial charge in [-0.05, 0) is 54.4 Å². The van der Waals surface area contributed by atoms with E-state index < -0.39 is 0 Å². The molecule has 4 rings (SSSR count). The number of carbonyl (C=O) groups is 1. The number of nitrogens with one attached hydrogen (secondary N) is 2. The summed E-state index contributed by atoms with van der Waals surface area (Å²) in [7, 11) is 2.15. The lowest BCUT2D eigenvalue weighted by Crippen LogP contribution is -2.10. The number of anilines is 2. The topological polar surface area (TPSA) is 122 Å². The van der Waals surface area contributed by atoms with Crippen LogP contribution in [-0.4, -0.2) is 48.8 Å². The molecular weight excluding hydrogens is 461 g/mol. The van der Waals surface area contributed by atoms with E-state index in [0.717, 1.165) is 39.6 Å². The smallest absolute Gasteiger partial charge is 0.150 e. The highest BCUT2D eigenvalue weighted by Gasteiger charge is 2.07. The predicted molar refractivity (Wildman–Crippen MR) is 142 cm³/mol. The highest BCUT2D eigenvalue weighted by Crippen LogP contribution is 2.25. The van der Waals surface area contributed by atoms with E-state index in [-0.39, 0.29) is 6.61 Å². The van der Waals surface area contributed by atoms with Gasteiger partial charge < -0.3 is 16.2 Å². The average Bonchev–Trinajstić information content (AvgIpc) is 2.92. The number of aromatic nitrogens is 2. The van der Waals surface area contributed by atoms with E-state index in [0.29, 0.717) is 37.4 Å². The van der Waals surface area contributed by atoms with Crippen LogP contribution < -0.4 is 16.5 Å². The lowest BCUT2D eigenvalue weighted by molar-refractivity contribution is 0.0314. The van der Waals surface area contributed by atoms with Crippen LogP contribution in [0.5, 0.6) is 0 Å². The summed E-state index contributed by atoms with van der Waals surface area (Å²) in [5.41, 5.74) is 14.6. The molecule has 4 aromatic rings. The fourth-order valence-electron chi connectivity index (χ4n) is 3.31. The number of aliphatic hydroxyl groups excluding tert-OH is 1. The summed E-state index contributed by atoms with van der Waals surface area (Å²) in [5.74, 6) is 0.640. The van der Waals surface area contributed by atoms with Crippen molar-refractivity contribution in [1.82, 2.24) is 15.4 Å². The van der Waals surface area contributed by atoms with Crippen LogP contribution in [0.2, 0.25) is 0 Å². The molecule has 190 valence electrons. The normalized spacial score (nSPS) is 10.0. The van der Waals surface area contributed by atoms with Gasteiger partial charge in [-0.3, -0.25) is 19.0 Å². The summed E-state index contributed by atoms with van der Waals surface area (Å²) in [4.78, 5) is 24.5. The Hall–Kier alpha value is -3.92. The number of hydroxylamine groups is 1. The lowest BCUT2D eigenvalue weighted by Gasteiger charge is -2.12. The third-order valence-electron chi connectivity index (χ3n) is 5.08. The van der Waals surface area contributed by atoms with Gasteiger partial charge >= 0.3 is 0 Å². The van der Waals surface area contributed by atoms with Crippen LogP contribution in [0.25, 0.3) is 22.2 Å². The molecule has 36 heavy (non-hydrogen) atoms. The number of nitrogen functional groups attached to an aromatic ring is 1. The molecule has 0 unspecified atom stereocenters. The number of hydrogen-bond donors (Lipinski definition) is 4. The van der Waals surface area contributed by atoms with Crippen molar-refractivity contribution in [3.63, 3.8) is 0 Å². The molecule has 0 aliphatic rings. The number of benzene rings is 2. The molecule has 0 atom stereocenters. The first-order valence-electron chi connectivity index (χ1n) is 11.2. The molecule has 0 amide bonds. The number of hydrogen-bond acceptors (Lipinski definition) is 8. The highest BCUT2D eigenvalue weighted by molar-refractivity contribution is 5.80. The molecule has 0 saturated heterocycles. The SMILES string of the molecule is CF.CNOCCO.Cc1cc(-c2ccc(N)c(NCc3ccc4ncccc4c3)n2)ccc1C=O. The van der Waals surface area contributed by atoms with Gasteiger partial charge in [0.15, 0.2) is 0 Å². The van der Waals surface area contributed by atoms with Crippen molar-refractivity contribution in [3.8, 4) is 11.3 Å². The number of pyridine rings is 2. The number of halogens is 1. The summed E-state index contributed by atoms with van der Waals surface area (Å²) in [5, 5.41) is 12.5. The van der Waals surface area contributed by atoms with Crippen LogP contribution in [0.3, 0.4) is 0 Å². The molecule has 8 nitrogen and oxygen atoms in total. The Labute approximate surface area is 210 Å². The zero-order valence-corrected chi connectivity index (χ0v) is 20.7. The van der Waals surface area contributed by atoms with Gasteiger partial charge in [0.2, 0.25) is 0 Å². The first-order chi connectivity index (χ1) is 17.5. The van der Waals surface area contributed by atoms with Crippen molar-refractivity contribution in [1.29, 1.82) is 0 Å². The van der Waals surface area contributed by atoms with Crippen molar-refractivity contribution in [2.75, 3.05) is 38.5 Å². The van der Waals surface area contributed by atoms with Crippen LogP contribution in [0.15, 0.2) is 66.9 Å². The fourth-order valence-corrected chi connectivity index (χ4v) is 3.31. The Bertz CT molecular complexity index is 1250. The van der Waals surface area contributed by atoms with Crippen molar-refractivity contribution >= 4 is 28.7 Å². The van der Waals surface area contributed by atoms with Gasteiger partial charge in [-0.2, -0.15) is 0 Å². The minimum absolute atomic E-state index is 0.0703. The Morgan fingerprint density at radius 1 is 1.11 bits per heavy atom. The van der Waals surface area contributed by atoms with Crippen molar-refractivity contribution in [3.05, 3.63) is 83.6 Å². The molecule has 0 saturated carbocycles. The van der Waals surface area contributed by atoms with Crippen LogP contribution in [0.4, 0.5) is 15.9 Å². The number of rotatable bonds is 8. The molecule has 0 aliphatic carbocycles. The van der Waals surface area contributed by atoms with Crippen LogP contribution in [0.1, 0.15) is 21.5 Å². The zero-order valence-electron chi connectivity index (χ0n) is 20.7. The van der Waals surface area contributed by atoms with Gasteiger partial charge in [0.25, 0.3) is 0 Å². The Kier molecular flexibility index (Phi) is 11.9. The van der Waals surface area contributed by atoms with Gasteiger partial charge in [-0.25, -0.2) is 10.5 Å². The molecule has 2 heterocycles. The second-order valence-electron chi connectivity index (χ2n) is 7.48. The maximum absolute atomic E-state index is 11.0. The molecular formula is C27H32FN5O3. The molecule has 2 aromatic heterocycles. The number of aldehydes is 1. The van der Waals surface area contributed by atoms with E-state index in [4.69, 9.17) is 10.8 Å². The summed E-state index contributed by atoms with van der Waals surface area (Å²) < 4.78 is 9.50. The Morgan fingerprint density at radius 3 is 2.58 bits per heavy atom. The summed E-state index contributed by atoms with van der Waals surface area (Å²) in [6, 6.07) is 19.5. The third kappa shape index (κ3) is 8.09. The van der Waals surface area contributed by atoms with Gasteiger partial charge in [0.05, 0.1) is 37.3 Å². The predicted octanol–water partition coefficient (Wildman–Crippen LogP) is 4.33. The Morgan fingerprint density at radius 2 is 1.92 bits per heavy atom. The van der Waals surface area contributed by atoms with E-state index >= 15 is 0 Å². The summed E-state index contributed by atoms with van der Waals surface area (Å²) in [6.45, 7) is 2.95. The first-order valence-corrected chi connectivity index (χ1v) is 11.2. The summed E-state index contributed by atoms with van der Waals surface area (Å²) in [6.07, 6.45) is 2.65. The van der Waals surface area contributed by atoms with Gasteiger partial charge in [0, 0.05) is 36.3 Å². The second-order valence-corrected chi connectivity index (χ2v) is 7.48. The van der Waals surface area contributed by atoms with Gasteiger partial charge in [0.1, 0.15) is 12.1 Å². The number of carbonyl (C=O) groups excluding carboxylic acids is 1. The number of aliphatic hydroxyl groups is 1. The molecule has 0 aliphatic heterocycles. The molecule has 0 fully saturated rings.